The fraction of sp³-hybridized carbons (Fsp3) is 0.100. The first-order valence-electron chi connectivity index (χ1n) is 11.1. The summed E-state index contributed by atoms with van der Waals surface area (Å²) in [6.45, 7) is 3.75. The average molecular weight is 483 g/mol. The Morgan fingerprint density at radius 2 is 1.50 bits per heavy atom. The zero-order valence-electron chi connectivity index (χ0n) is 20.0. The van der Waals surface area contributed by atoms with Gasteiger partial charge in [-0.05, 0) is 23.8 Å². The van der Waals surface area contributed by atoms with Gasteiger partial charge in [-0.1, -0.05) is 66.7 Å². The third-order valence-corrected chi connectivity index (χ3v) is 5.51. The average Bonchev–Trinajstić information content (AvgIpc) is 2.92. The fourth-order valence-electron chi connectivity index (χ4n) is 3.64. The number of benzene rings is 3. The van der Waals surface area contributed by atoms with E-state index in [2.05, 4.69) is 6.58 Å². The first kappa shape index (κ1) is 25.9. The molecule has 1 atom stereocenters. The lowest BCUT2D eigenvalue weighted by atomic mass is 9.85. The third kappa shape index (κ3) is 6.04. The molecular formula is C30H26O6. The van der Waals surface area contributed by atoms with E-state index in [0.29, 0.717) is 16.9 Å². The summed E-state index contributed by atoms with van der Waals surface area (Å²) in [5, 5.41) is 9.75. The van der Waals surface area contributed by atoms with Crippen molar-refractivity contribution in [2.45, 2.75) is 5.92 Å². The van der Waals surface area contributed by atoms with Gasteiger partial charge in [0, 0.05) is 29.2 Å². The summed E-state index contributed by atoms with van der Waals surface area (Å²) >= 11 is 0. The van der Waals surface area contributed by atoms with Gasteiger partial charge in [0.1, 0.15) is 11.5 Å². The van der Waals surface area contributed by atoms with Gasteiger partial charge in [-0.15, -0.1) is 6.58 Å². The number of phenols is 1. The summed E-state index contributed by atoms with van der Waals surface area (Å²) < 4.78 is 9.83. The van der Waals surface area contributed by atoms with Crippen molar-refractivity contribution < 1.29 is 29.0 Å². The van der Waals surface area contributed by atoms with Gasteiger partial charge in [-0.3, -0.25) is 14.4 Å². The minimum absolute atomic E-state index is 0.0711. The Hall–Kier alpha value is -4.71. The Morgan fingerprint density at radius 1 is 0.861 bits per heavy atom. The summed E-state index contributed by atoms with van der Waals surface area (Å²) in [5.74, 6) is -0.474. The highest BCUT2D eigenvalue weighted by Gasteiger charge is 2.26. The Morgan fingerprint density at radius 3 is 2.06 bits per heavy atom. The van der Waals surface area contributed by atoms with Crippen molar-refractivity contribution in [2.24, 2.45) is 0 Å². The minimum atomic E-state index is -0.292. The molecule has 6 heteroatoms. The number of carbonyl (C=O) groups is 3. The van der Waals surface area contributed by atoms with Crippen LogP contribution in [0.1, 0.15) is 27.4 Å². The van der Waals surface area contributed by atoms with E-state index in [1.807, 2.05) is 36.4 Å². The van der Waals surface area contributed by atoms with Gasteiger partial charge >= 0.3 is 0 Å². The van der Waals surface area contributed by atoms with Crippen LogP contribution in [0.3, 0.4) is 0 Å². The molecule has 0 saturated heterocycles. The molecule has 3 aromatic rings. The van der Waals surface area contributed by atoms with E-state index >= 15 is 0 Å². The summed E-state index contributed by atoms with van der Waals surface area (Å²) in [5.41, 5.74) is 2.18. The topological polar surface area (TPSA) is 89.9 Å². The van der Waals surface area contributed by atoms with Crippen molar-refractivity contribution in [3.63, 3.8) is 0 Å². The highest BCUT2D eigenvalue weighted by molar-refractivity contribution is 6.19. The molecule has 0 amide bonds. The number of rotatable bonds is 7. The van der Waals surface area contributed by atoms with Crippen molar-refractivity contribution in [3.05, 3.63) is 132 Å². The van der Waals surface area contributed by atoms with Crippen LogP contribution in [0.25, 0.3) is 0 Å². The number of ether oxygens (including phenoxy) is 2. The molecule has 0 bridgehead atoms. The van der Waals surface area contributed by atoms with Gasteiger partial charge in [-0.25, -0.2) is 0 Å². The smallest absolute Gasteiger partial charge is 0.220 e. The molecule has 1 aliphatic carbocycles. The van der Waals surface area contributed by atoms with E-state index < -0.39 is 0 Å². The van der Waals surface area contributed by atoms with Crippen LogP contribution in [0.2, 0.25) is 0 Å². The first-order valence-corrected chi connectivity index (χ1v) is 11.1. The molecule has 0 fully saturated rings. The molecule has 0 spiro atoms. The van der Waals surface area contributed by atoms with Crippen molar-refractivity contribution in [1.82, 2.24) is 0 Å². The van der Waals surface area contributed by atoms with Crippen molar-refractivity contribution >= 4 is 17.3 Å². The summed E-state index contributed by atoms with van der Waals surface area (Å²) in [6, 6.07) is 22.9. The van der Waals surface area contributed by atoms with Gasteiger partial charge in [0.2, 0.25) is 5.78 Å². The highest BCUT2D eigenvalue weighted by atomic mass is 16.5. The second kappa shape index (κ2) is 12.1. The van der Waals surface area contributed by atoms with Crippen LogP contribution in [0.15, 0.2) is 115 Å². The fourth-order valence-corrected chi connectivity index (χ4v) is 3.64. The maximum atomic E-state index is 12.1. The largest absolute Gasteiger partial charge is 0.507 e. The van der Waals surface area contributed by atoms with E-state index in [0.717, 1.165) is 5.56 Å². The predicted molar refractivity (Wildman–Crippen MR) is 137 cm³/mol. The second-order valence-corrected chi connectivity index (χ2v) is 7.74. The normalized spacial score (nSPS) is 13.4. The molecule has 36 heavy (non-hydrogen) atoms. The number of methoxy groups -OCH3 is 2. The number of allylic oxidation sites excluding steroid dienone is 4. The van der Waals surface area contributed by atoms with Crippen molar-refractivity contribution in [3.8, 4) is 11.5 Å². The van der Waals surface area contributed by atoms with Crippen LogP contribution in [-0.4, -0.2) is 36.7 Å². The number of aromatic hydroxyl groups is 1. The SMILES string of the molecule is C=CC(C1=CC(=O)C(OC)=CC1=O)c1ccccc1.COc1ccc(C(=O)c2ccccc2)c(O)c1. The summed E-state index contributed by atoms with van der Waals surface area (Å²) in [4.78, 5) is 35.9. The van der Waals surface area contributed by atoms with Crippen molar-refractivity contribution in [2.75, 3.05) is 14.2 Å². The van der Waals surface area contributed by atoms with E-state index in [1.165, 1.54) is 32.4 Å². The zero-order valence-corrected chi connectivity index (χ0v) is 20.0. The Bertz CT molecular complexity index is 1320. The molecule has 182 valence electrons. The molecule has 4 rings (SSSR count). The highest BCUT2D eigenvalue weighted by Crippen LogP contribution is 2.29. The molecule has 0 radical (unpaired) electrons. The Balaban J connectivity index is 0.000000202. The van der Waals surface area contributed by atoms with E-state index in [9.17, 15) is 19.5 Å². The lowest BCUT2D eigenvalue weighted by Gasteiger charge is -2.18. The molecule has 0 heterocycles. The lowest BCUT2D eigenvalue weighted by Crippen LogP contribution is -2.18. The lowest BCUT2D eigenvalue weighted by molar-refractivity contribution is -0.117. The zero-order chi connectivity index (χ0) is 26.1. The standard InChI is InChI=1S/C16H14O3.C14H12O3/c1-3-12(11-7-5-4-6-8-11)13-9-15(18)16(19-2)10-14(13)17;1-17-11-7-8-12(13(15)9-11)14(16)10-5-3-2-4-6-10/h3-10,12H,1H2,2H3;2-9,15H,1H3. The Labute approximate surface area is 209 Å². The number of hydrogen-bond donors (Lipinski definition) is 1. The number of hydrogen-bond acceptors (Lipinski definition) is 6. The number of phenolic OH excluding ortho intramolecular Hbond substituents is 1. The maximum Gasteiger partial charge on any atom is 0.220 e. The maximum absolute atomic E-state index is 12.1. The van der Waals surface area contributed by atoms with Gasteiger partial charge in [0.25, 0.3) is 0 Å². The van der Waals surface area contributed by atoms with Crippen LogP contribution in [0.5, 0.6) is 11.5 Å². The monoisotopic (exact) mass is 482 g/mol. The quantitative estimate of drug-likeness (QED) is 0.283. The first-order chi connectivity index (χ1) is 17.4. The third-order valence-electron chi connectivity index (χ3n) is 5.51. The van der Waals surface area contributed by atoms with Crippen molar-refractivity contribution in [1.29, 1.82) is 0 Å². The van der Waals surface area contributed by atoms with Crippen LogP contribution in [0, 0.1) is 0 Å². The van der Waals surface area contributed by atoms with Gasteiger partial charge in [0.15, 0.2) is 17.3 Å². The molecule has 3 aromatic carbocycles. The van der Waals surface area contributed by atoms with Gasteiger partial charge in [-0.2, -0.15) is 0 Å². The minimum Gasteiger partial charge on any atom is -0.507 e. The molecule has 0 saturated carbocycles. The van der Waals surface area contributed by atoms with Gasteiger partial charge < -0.3 is 14.6 Å². The van der Waals surface area contributed by atoms with Crippen LogP contribution in [0.4, 0.5) is 0 Å². The molecule has 1 N–H and O–H groups in total. The summed E-state index contributed by atoms with van der Waals surface area (Å²) in [7, 11) is 2.88. The summed E-state index contributed by atoms with van der Waals surface area (Å²) in [6.07, 6.45) is 4.23. The number of carbonyl (C=O) groups excluding carboxylic acids is 3. The van der Waals surface area contributed by atoms with E-state index in [-0.39, 0.29) is 40.3 Å². The molecular weight excluding hydrogens is 456 g/mol. The number of ketones is 3. The van der Waals surface area contributed by atoms with Crippen LogP contribution >= 0.6 is 0 Å². The van der Waals surface area contributed by atoms with Crippen LogP contribution < -0.4 is 4.74 Å². The molecule has 1 aliphatic rings. The predicted octanol–water partition coefficient (Wildman–Crippen LogP) is 5.20. The van der Waals surface area contributed by atoms with E-state index in [4.69, 9.17) is 9.47 Å². The van der Waals surface area contributed by atoms with Gasteiger partial charge in [0.05, 0.1) is 19.8 Å². The molecule has 1 unspecified atom stereocenters. The Kier molecular flexibility index (Phi) is 8.73. The molecule has 6 nitrogen and oxygen atoms in total. The molecule has 0 aliphatic heterocycles. The van der Waals surface area contributed by atoms with Crippen LogP contribution in [-0.2, 0) is 14.3 Å². The molecule has 0 aromatic heterocycles. The second-order valence-electron chi connectivity index (χ2n) is 7.74. The van der Waals surface area contributed by atoms with E-state index in [1.54, 1.807) is 42.5 Å².